The van der Waals surface area contributed by atoms with Crippen LogP contribution in [0, 0.1) is 17.2 Å². The molecule has 0 aliphatic carbocycles. The molecule has 0 saturated heterocycles. The average Bonchev–Trinajstić information content (AvgIpc) is 2.20. The van der Waals surface area contributed by atoms with Crippen molar-refractivity contribution in [3.63, 3.8) is 0 Å². The molecule has 0 aliphatic rings. The van der Waals surface area contributed by atoms with Gasteiger partial charge in [0.05, 0.1) is 19.2 Å². The monoisotopic (exact) mass is 238 g/mol. The van der Waals surface area contributed by atoms with Crippen LogP contribution in [0.25, 0.3) is 0 Å². The zero-order valence-electron chi connectivity index (χ0n) is 11.5. The van der Waals surface area contributed by atoms with E-state index in [-0.39, 0.29) is 23.6 Å². The van der Waals surface area contributed by atoms with E-state index in [1.807, 2.05) is 40.7 Å². The van der Waals surface area contributed by atoms with Gasteiger partial charge in [0.2, 0.25) is 0 Å². The van der Waals surface area contributed by atoms with Crippen LogP contribution in [-0.2, 0) is 4.74 Å². The third kappa shape index (κ3) is 4.48. The molecule has 0 heterocycles. The molecular formula is C13H22N2O2. The highest BCUT2D eigenvalue weighted by atomic mass is 16.5. The molecule has 0 bridgehead atoms. The molecule has 0 radical (unpaired) electrons. The highest BCUT2D eigenvalue weighted by Gasteiger charge is 2.34. The second-order valence-corrected chi connectivity index (χ2v) is 5.23. The Morgan fingerprint density at radius 1 is 1.41 bits per heavy atom. The fraction of sp³-hybridized carbons (Fsp3) is 0.692. The third-order valence-corrected chi connectivity index (χ3v) is 2.44. The first-order valence-corrected chi connectivity index (χ1v) is 5.69. The first kappa shape index (κ1) is 15.5. The van der Waals surface area contributed by atoms with Gasteiger partial charge in [-0.25, -0.2) is 4.79 Å². The highest BCUT2D eigenvalue weighted by molar-refractivity contribution is 5.69. The van der Waals surface area contributed by atoms with E-state index in [2.05, 4.69) is 0 Å². The number of carbonyl (C=O) groups is 1. The Morgan fingerprint density at radius 2 is 1.94 bits per heavy atom. The number of carbonyl (C=O) groups excluding carboxylic acids is 1. The molecule has 0 aromatic heterocycles. The largest absolute Gasteiger partial charge is 0.453 e. The summed E-state index contributed by atoms with van der Waals surface area (Å²) in [4.78, 5) is 13.5. The minimum atomic E-state index is -0.376. The van der Waals surface area contributed by atoms with E-state index in [0.717, 1.165) is 0 Å². The van der Waals surface area contributed by atoms with E-state index < -0.39 is 0 Å². The van der Waals surface area contributed by atoms with Gasteiger partial charge < -0.3 is 4.74 Å². The van der Waals surface area contributed by atoms with Gasteiger partial charge in [-0.05, 0) is 26.7 Å². The summed E-state index contributed by atoms with van der Waals surface area (Å²) in [5.74, 6) is 0.206. The lowest BCUT2D eigenvalue weighted by Crippen LogP contribution is -2.52. The van der Waals surface area contributed by atoms with Crippen LogP contribution in [0.5, 0.6) is 0 Å². The molecular weight excluding hydrogens is 216 g/mol. The molecule has 96 valence electrons. The number of rotatable bonds is 3. The zero-order chi connectivity index (χ0) is 13.6. The second-order valence-electron chi connectivity index (χ2n) is 5.23. The van der Waals surface area contributed by atoms with Crippen molar-refractivity contribution in [3.05, 3.63) is 12.2 Å². The smallest absolute Gasteiger partial charge is 0.410 e. The number of amides is 1. The molecule has 1 amide bonds. The normalized spacial score (nSPS) is 13.5. The van der Waals surface area contributed by atoms with E-state index in [4.69, 9.17) is 10.00 Å². The molecule has 0 rings (SSSR count). The molecule has 0 aromatic carbocycles. The zero-order valence-corrected chi connectivity index (χ0v) is 11.5. The van der Waals surface area contributed by atoms with Crippen LogP contribution in [0.2, 0.25) is 0 Å². The molecule has 0 spiro atoms. The molecule has 4 nitrogen and oxygen atoms in total. The van der Waals surface area contributed by atoms with Gasteiger partial charge >= 0.3 is 6.09 Å². The summed E-state index contributed by atoms with van der Waals surface area (Å²) in [6.45, 7) is 9.85. The van der Waals surface area contributed by atoms with Crippen LogP contribution in [-0.4, -0.2) is 29.7 Å². The average molecular weight is 238 g/mol. The van der Waals surface area contributed by atoms with Gasteiger partial charge in [-0.2, -0.15) is 5.26 Å². The SMILES string of the molecule is COC(=O)N([C@H](C=CC#N)C(C)C)C(C)(C)C. The second kappa shape index (κ2) is 6.29. The van der Waals surface area contributed by atoms with Gasteiger partial charge in [0.15, 0.2) is 0 Å². The summed E-state index contributed by atoms with van der Waals surface area (Å²) in [6, 6.07) is 1.81. The van der Waals surface area contributed by atoms with Crippen molar-refractivity contribution >= 4 is 6.09 Å². The van der Waals surface area contributed by atoms with E-state index >= 15 is 0 Å². The Bertz CT molecular complexity index is 321. The molecule has 0 aliphatic heterocycles. The van der Waals surface area contributed by atoms with Gasteiger partial charge in [0, 0.05) is 11.6 Å². The molecule has 1 atom stereocenters. The van der Waals surface area contributed by atoms with Crippen LogP contribution in [0.1, 0.15) is 34.6 Å². The summed E-state index contributed by atoms with van der Waals surface area (Å²) < 4.78 is 4.82. The molecule has 0 aromatic rings. The highest BCUT2D eigenvalue weighted by Crippen LogP contribution is 2.23. The van der Waals surface area contributed by atoms with Gasteiger partial charge in [0.1, 0.15) is 0 Å². The predicted molar refractivity (Wildman–Crippen MR) is 67.4 cm³/mol. The number of nitrogens with zero attached hydrogens (tertiary/aromatic N) is 2. The molecule has 17 heavy (non-hydrogen) atoms. The number of ether oxygens (including phenoxy) is 1. The maximum atomic E-state index is 11.9. The van der Waals surface area contributed by atoms with Crippen molar-refractivity contribution in [2.45, 2.75) is 46.2 Å². The fourth-order valence-electron chi connectivity index (χ4n) is 1.69. The topological polar surface area (TPSA) is 53.3 Å². The quantitative estimate of drug-likeness (QED) is 0.710. The number of nitriles is 1. The first-order chi connectivity index (χ1) is 7.75. The Hall–Kier alpha value is -1.50. The van der Waals surface area contributed by atoms with Gasteiger partial charge in [-0.1, -0.05) is 19.9 Å². The lowest BCUT2D eigenvalue weighted by Gasteiger charge is -2.41. The van der Waals surface area contributed by atoms with Crippen LogP contribution in [0.15, 0.2) is 12.2 Å². The molecule has 0 N–H and O–H groups in total. The number of allylic oxidation sites excluding steroid dienone is 1. The summed E-state index contributed by atoms with van der Waals surface area (Å²) in [7, 11) is 1.37. The Balaban J connectivity index is 5.32. The van der Waals surface area contributed by atoms with Crippen molar-refractivity contribution in [2.75, 3.05) is 7.11 Å². The fourth-order valence-corrected chi connectivity index (χ4v) is 1.69. The first-order valence-electron chi connectivity index (χ1n) is 5.69. The number of methoxy groups -OCH3 is 1. The minimum absolute atomic E-state index is 0.151. The van der Waals surface area contributed by atoms with Crippen molar-refractivity contribution < 1.29 is 9.53 Å². The predicted octanol–water partition coefficient (Wildman–Crippen LogP) is 2.96. The van der Waals surface area contributed by atoms with Crippen LogP contribution >= 0.6 is 0 Å². The van der Waals surface area contributed by atoms with Crippen LogP contribution in [0.3, 0.4) is 0 Å². The maximum Gasteiger partial charge on any atom is 0.410 e. The summed E-state index contributed by atoms with van der Waals surface area (Å²) in [6.07, 6.45) is 2.78. The van der Waals surface area contributed by atoms with E-state index in [9.17, 15) is 4.79 Å². The molecule has 4 heteroatoms. The lowest BCUT2D eigenvalue weighted by atomic mass is 9.96. The molecule has 0 saturated carbocycles. The Labute approximate surface area is 104 Å². The third-order valence-electron chi connectivity index (χ3n) is 2.44. The summed E-state index contributed by atoms with van der Waals surface area (Å²) in [5.41, 5.74) is -0.359. The van der Waals surface area contributed by atoms with Gasteiger partial charge in [0.25, 0.3) is 0 Å². The van der Waals surface area contributed by atoms with Crippen molar-refractivity contribution in [1.82, 2.24) is 4.90 Å². The molecule has 0 unspecified atom stereocenters. The van der Waals surface area contributed by atoms with E-state index in [1.54, 1.807) is 11.0 Å². The van der Waals surface area contributed by atoms with Gasteiger partial charge in [-0.15, -0.1) is 0 Å². The minimum Gasteiger partial charge on any atom is -0.453 e. The van der Waals surface area contributed by atoms with Gasteiger partial charge in [-0.3, -0.25) is 4.90 Å². The summed E-state index contributed by atoms with van der Waals surface area (Å²) in [5, 5.41) is 8.61. The van der Waals surface area contributed by atoms with Crippen molar-refractivity contribution in [1.29, 1.82) is 5.26 Å². The number of hydrogen-bond donors (Lipinski definition) is 0. The standard InChI is InChI=1S/C13H22N2O2/c1-10(2)11(8-7-9-14)15(12(16)17-6)13(3,4)5/h7-8,10-11H,1-6H3/t11-/m1/s1. The van der Waals surface area contributed by atoms with Crippen molar-refractivity contribution in [3.8, 4) is 6.07 Å². The Morgan fingerprint density at radius 3 is 2.24 bits per heavy atom. The van der Waals surface area contributed by atoms with Crippen LogP contribution in [0.4, 0.5) is 4.79 Å². The van der Waals surface area contributed by atoms with Crippen LogP contribution < -0.4 is 0 Å². The number of hydrogen-bond acceptors (Lipinski definition) is 3. The van der Waals surface area contributed by atoms with E-state index in [0.29, 0.717) is 0 Å². The molecule has 0 fully saturated rings. The maximum absolute atomic E-state index is 11.9. The van der Waals surface area contributed by atoms with E-state index in [1.165, 1.54) is 13.2 Å². The summed E-state index contributed by atoms with van der Waals surface area (Å²) >= 11 is 0. The van der Waals surface area contributed by atoms with Crippen molar-refractivity contribution in [2.24, 2.45) is 5.92 Å². The lowest BCUT2D eigenvalue weighted by molar-refractivity contribution is 0.0569. The Kier molecular flexibility index (Phi) is 5.73.